The van der Waals surface area contributed by atoms with E-state index < -0.39 is 8.07 Å². The van der Waals surface area contributed by atoms with Gasteiger partial charge in [0.2, 0.25) is 13.4 Å². The Kier molecular flexibility index (Phi) is 12.4. The summed E-state index contributed by atoms with van der Waals surface area (Å²) in [5.41, 5.74) is 32.3. The van der Waals surface area contributed by atoms with Crippen molar-refractivity contribution in [2.45, 2.75) is 96.2 Å². The van der Waals surface area contributed by atoms with E-state index in [1.54, 1.807) is 0 Å². The summed E-state index contributed by atoms with van der Waals surface area (Å²) in [7, 11) is -2.19. The molecule has 0 aliphatic carbocycles. The van der Waals surface area contributed by atoms with Gasteiger partial charge in [-0.05, 0) is 171 Å². The topological polar surface area (TPSA) is 0 Å². The average Bonchev–Trinajstić information content (AvgIpc) is 3.56. The fourth-order valence-electron chi connectivity index (χ4n) is 14.9. The molecule has 0 atom stereocenters. The van der Waals surface area contributed by atoms with Crippen LogP contribution in [0, 0.1) is 83.1 Å². The minimum Gasteiger partial charge on any atom is -0.0686 e. The summed E-state index contributed by atoms with van der Waals surface area (Å²) in [6.07, 6.45) is 0. The van der Waals surface area contributed by atoms with Gasteiger partial charge in [-0.15, -0.1) is 0 Å². The lowest BCUT2D eigenvalue weighted by atomic mass is 9.34. The van der Waals surface area contributed by atoms with E-state index in [-0.39, 0.29) is 13.4 Å². The van der Waals surface area contributed by atoms with E-state index in [2.05, 4.69) is 266 Å². The zero-order valence-corrected chi connectivity index (χ0v) is 48.8. The highest BCUT2D eigenvalue weighted by Gasteiger charge is 2.37. The van der Waals surface area contributed by atoms with Gasteiger partial charge in [0.1, 0.15) is 8.07 Å². The first kappa shape index (κ1) is 50.4. The van der Waals surface area contributed by atoms with Crippen LogP contribution >= 0.6 is 0 Å². The van der Waals surface area contributed by atoms with Crippen LogP contribution in [0.25, 0.3) is 65.7 Å². The minimum atomic E-state index is -2.19. The van der Waals surface area contributed by atoms with E-state index in [1.807, 2.05) is 0 Å². The SMILES string of the molecule is Cc1cc(C)c(B(c2ccc(-c3ccc4c(c3)[Si](C)(C)c3cccc5c3c-4cc3c4ccccc4c(-c4ccc(B(c6c(C)cc(C)cc6C)c6c(C)cc(C)cc6C)cc4)cc53)cc2)c2c(C)cc(C)cc2C)c(C)c1. The summed E-state index contributed by atoms with van der Waals surface area (Å²) in [5.74, 6) is 0. The van der Waals surface area contributed by atoms with Crippen LogP contribution in [0.3, 0.4) is 0 Å². The van der Waals surface area contributed by atoms with Crippen LogP contribution in [0.2, 0.25) is 13.1 Å². The Balaban J connectivity index is 0.965. The highest BCUT2D eigenvalue weighted by Crippen LogP contribution is 2.43. The molecular formula is C74H70B2Si. The first-order chi connectivity index (χ1) is 36.9. The average molecular weight is 1010 g/mol. The molecule has 0 aromatic heterocycles. The molecule has 0 radical (unpaired) electrons. The second kappa shape index (κ2) is 18.9. The van der Waals surface area contributed by atoms with Crippen molar-refractivity contribution in [1.82, 2.24) is 0 Å². The van der Waals surface area contributed by atoms with E-state index in [1.165, 1.54) is 176 Å². The molecular weight excluding hydrogens is 939 g/mol. The fourth-order valence-corrected chi connectivity index (χ4v) is 18.0. The highest BCUT2D eigenvalue weighted by molar-refractivity contribution is 7.03. The standard InChI is InChI=1S/C74H70B2Si/c1-43-32-47(5)71(48(6)33-43)75(72-49(7)34-44(2)35-50(72)8)58-27-22-55(23-28-58)57-26-31-62-67-42-65-61-19-16-15-18-60(61)64(41-66(65)63-20-17-21-68(70(63)67)77(13,14)69(62)40-57)56-24-29-59(30-25-56)76(73-51(9)36-45(3)37-52(73)10)74-53(11)38-46(4)39-54(74)12/h15-42H,1-14H3. The smallest absolute Gasteiger partial charge is 0.0686 e. The van der Waals surface area contributed by atoms with E-state index in [0.717, 1.165) is 0 Å². The number of fused-ring (bicyclic) bond motifs is 6. The van der Waals surface area contributed by atoms with Crippen LogP contribution in [-0.2, 0) is 0 Å². The Morgan fingerprint density at radius 2 is 0.649 bits per heavy atom. The third-order valence-electron chi connectivity index (χ3n) is 17.9. The maximum Gasteiger partial charge on any atom is 0.242 e. The van der Waals surface area contributed by atoms with Gasteiger partial charge in [0.15, 0.2) is 0 Å². The molecule has 1 aliphatic heterocycles. The molecule has 0 fully saturated rings. The van der Waals surface area contributed by atoms with Gasteiger partial charge in [-0.3, -0.25) is 0 Å². The summed E-state index contributed by atoms with van der Waals surface area (Å²) in [6, 6.07) is 66.8. The molecule has 0 bridgehead atoms. The van der Waals surface area contributed by atoms with Crippen molar-refractivity contribution in [3.8, 4) is 33.4 Å². The van der Waals surface area contributed by atoms with Gasteiger partial charge in [0, 0.05) is 0 Å². The van der Waals surface area contributed by atoms with Gasteiger partial charge in [-0.25, -0.2) is 0 Å². The Bertz CT molecular complexity index is 4040. The quantitative estimate of drug-likeness (QED) is 0.105. The van der Waals surface area contributed by atoms with Crippen LogP contribution in [0.1, 0.15) is 66.8 Å². The number of benzene rings is 11. The van der Waals surface area contributed by atoms with Crippen molar-refractivity contribution < 1.29 is 0 Å². The molecule has 376 valence electrons. The molecule has 1 heterocycles. The van der Waals surface area contributed by atoms with Crippen molar-refractivity contribution in [3.63, 3.8) is 0 Å². The Hall–Kier alpha value is -7.45. The van der Waals surface area contributed by atoms with Crippen LogP contribution in [-0.4, -0.2) is 21.5 Å². The summed E-state index contributed by atoms with van der Waals surface area (Å²) < 4.78 is 0. The van der Waals surface area contributed by atoms with Crippen LogP contribution < -0.4 is 43.2 Å². The van der Waals surface area contributed by atoms with E-state index in [0.29, 0.717) is 0 Å². The highest BCUT2D eigenvalue weighted by atomic mass is 28.3. The molecule has 0 amide bonds. The summed E-state index contributed by atoms with van der Waals surface area (Å²) in [6.45, 7) is 32.7. The molecule has 12 rings (SSSR count). The van der Waals surface area contributed by atoms with Gasteiger partial charge in [-0.2, -0.15) is 0 Å². The lowest BCUT2D eigenvalue weighted by molar-refractivity contribution is 1.34. The van der Waals surface area contributed by atoms with E-state index in [4.69, 9.17) is 0 Å². The van der Waals surface area contributed by atoms with Crippen molar-refractivity contribution in [3.05, 3.63) is 237 Å². The maximum atomic E-state index is 2.57. The molecule has 0 saturated carbocycles. The lowest BCUT2D eigenvalue weighted by Gasteiger charge is -2.34. The molecule has 77 heavy (non-hydrogen) atoms. The fraction of sp³-hybridized carbons (Fsp3) is 0.189. The molecule has 0 unspecified atom stereocenters. The van der Waals surface area contributed by atoms with Crippen LogP contribution in [0.15, 0.2) is 170 Å². The maximum absolute atomic E-state index is 2.57. The number of aryl methyl sites for hydroxylation is 12. The van der Waals surface area contributed by atoms with Crippen molar-refractivity contribution >= 4 is 97.0 Å². The second-order valence-corrected chi connectivity index (χ2v) is 28.3. The van der Waals surface area contributed by atoms with Crippen LogP contribution in [0.4, 0.5) is 0 Å². The van der Waals surface area contributed by atoms with Gasteiger partial charge in [0.25, 0.3) is 0 Å². The summed E-state index contributed by atoms with van der Waals surface area (Å²) >= 11 is 0. The summed E-state index contributed by atoms with van der Waals surface area (Å²) in [4.78, 5) is 0. The Morgan fingerprint density at radius 1 is 0.273 bits per heavy atom. The molecule has 0 spiro atoms. The predicted octanol–water partition coefficient (Wildman–Crippen LogP) is 14.0. The van der Waals surface area contributed by atoms with Gasteiger partial charge in [0.05, 0.1) is 0 Å². The van der Waals surface area contributed by atoms with Crippen LogP contribution in [0.5, 0.6) is 0 Å². The van der Waals surface area contributed by atoms with Gasteiger partial charge < -0.3 is 0 Å². The van der Waals surface area contributed by atoms with Gasteiger partial charge >= 0.3 is 0 Å². The first-order valence-electron chi connectivity index (χ1n) is 28.0. The lowest BCUT2D eigenvalue weighted by Crippen LogP contribution is -2.56. The predicted molar refractivity (Wildman–Crippen MR) is 344 cm³/mol. The normalized spacial score (nSPS) is 12.6. The summed E-state index contributed by atoms with van der Waals surface area (Å²) in [5, 5.41) is 11.1. The minimum absolute atomic E-state index is 0.131. The Morgan fingerprint density at radius 3 is 1.10 bits per heavy atom. The zero-order valence-electron chi connectivity index (χ0n) is 47.8. The first-order valence-corrected chi connectivity index (χ1v) is 31.0. The molecule has 11 aromatic rings. The van der Waals surface area contributed by atoms with Crippen molar-refractivity contribution in [2.75, 3.05) is 0 Å². The van der Waals surface area contributed by atoms with Crippen molar-refractivity contribution in [2.24, 2.45) is 0 Å². The number of hydrogen-bond donors (Lipinski definition) is 0. The molecule has 3 heteroatoms. The Labute approximate surface area is 460 Å². The van der Waals surface area contributed by atoms with E-state index in [9.17, 15) is 0 Å². The number of hydrogen-bond acceptors (Lipinski definition) is 0. The molecule has 0 saturated heterocycles. The van der Waals surface area contributed by atoms with E-state index >= 15 is 0 Å². The zero-order chi connectivity index (χ0) is 53.9. The third kappa shape index (κ3) is 8.36. The van der Waals surface area contributed by atoms with Crippen molar-refractivity contribution in [1.29, 1.82) is 0 Å². The third-order valence-corrected chi connectivity index (χ3v) is 21.4. The molecule has 11 aromatic carbocycles. The molecule has 1 aliphatic rings. The monoisotopic (exact) mass is 1010 g/mol. The molecule has 0 N–H and O–H groups in total. The largest absolute Gasteiger partial charge is 0.242 e. The molecule has 0 nitrogen and oxygen atoms in total. The number of rotatable bonds is 8. The van der Waals surface area contributed by atoms with Gasteiger partial charge in [-0.1, -0.05) is 270 Å². The second-order valence-electron chi connectivity index (χ2n) is 24.0.